The summed E-state index contributed by atoms with van der Waals surface area (Å²) in [6.07, 6.45) is -4.57. The molecule has 3 aromatic rings. The van der Waals surface area contributed by atoms with Crippen molar-refractivity contribution in [2.24, 2.45) is 0 Å². The van der Waals surface area contributed by atoms with Gasteiger partial charge in [-0.05, 0) is 68.6 Å². The van der Waals surface area contributed by atoms with Gasteiger partial charge in [-0.2, -0.15) is 13.2 Å². The average molecular weight is 598 g/mol. The molecule has 4 rings (SSSR count). The number of piperidine rings is 1. The van der Waals surface area contributed by atoms with Crippen LogP contribution < -0.4 is 20.7 Å². The molecule has 0 bridgehead atoms. The highest BCUT2D eigenvalue weighted by Gasteiger charge is 2.32. The van der Waals surface area contributed by atoms with Gasteiger partial charge in [0.25, 0.3) is 0 Å². The molecule has 39 heavy (non-hydrogen) atoms. The van der Waals surface area contributed by atoms with Crippen LogP contribution in [0.5, 0.6) is 5.75 Å². The third-order valence-corrected chi connectivity index (χ3v) is 9.82. The van der Waals surface area contributed by atoms with E-state index in [1.807, 2.05) is 13.1 Å². The number of halogens is 4. The third-order valence-electron chi connectivity index (χ3n) is 6.66. The molecule has 1 saturated heterocycles. The summed E-state index contributed by atoms with van der Waals surface area (Å²) in [7, 11) is 1.10. The van der Waals surface area contributed by atoms with E-state index in [1.165, 1.54) is 18.4 Å². The highest BCUT2D eigenvalue weighted by Crippen LogP contribution is 2.40. The van der Waals surface area contributed by atoms with Gasteiger partial charge in [0.1, 0.15) is 12.9 Å². The van der Waals surface area contributed by atoms with Gasteiger partial charge in [-0.15, -0.1) is 22.9 Å². The minimum atomic E-state index is -4.37. The van der Waals surface area contributed by atoms with E-state index in [2.05, 4.69) is 27.4 Å². The number of alkyl halides is 4. The standard InChI is InChI=1S/C28H32ClF3N3O2PS/c1-35-14-12-22(21(29)17-35)34-24-8-5-7-19-20(16-28(30,31)32)26(39-27(19)24)9-6-13-33-23-11-10-18(38(3,4)36)15-25(23)37-2/h5,7-8,10-11,15,21-22,33-34H,12-14,16-17H2,1-4H3/t21-,22+/m1/s1. The van der Waals surface area contributed by atoms with E-state index in [-0.39, 0.29) is 23.5 Å². The van der Waals surface area contributed by atoms with Crippen molar-refractivity contribution in [3.8, 4) is 17.6 Å². The van der Waals surface area contributed by atoms with Crippen LogP contribution in [0.3, 0.4) is 0 Å². The van der Waals surface area contributed by atoms with E-state index in [1.54, 1.807) is 43.7 Å². The average Bonchev–Trinajstić information content (AvgIpc) is 3.19. The quantitative estimate of drug-likeness (QED) is 0.186. The Balaban J connectivity index is 1.60. The van der Waals surface area contributed by atoms with Gasteiger partial charge in [-0.1, -0.05) is 24.0 Å². The maximum absolute atomic E-state index is 13.6. The van der Waals surface area contributed by atoms with Crippen molar-refractivity contribution < 1.29 is 22.5 Å². The van der Waals surface area contributed by atoms with Crippen molar-refractivity contribution in [1.82, 2.24) is 4.90 Å². The number of anilines is 2. The molecule has 2 heterocycles. The van der Waals surface area contributed by atoms with Gasteiger partial charge < -0.3 is 24.8 Å². The molecule has 2 N–H and O–H groups in total. The number of nitrogens with one attached hydrogen (secondary N) is 2. The fourth-order valence-electron chi connectivity index (χ4n) is 4.60. The number of nitrogens with zero attached hydrogens (tertiary/aromatic N) is 1. The SMILES string of the molecule is COc1cc(P(C)(C)=O)ccc1NCC#Cc1sc2c(N[C@H]3CCN(C)C[C@H]3Cl)cccc2c1CC(F)(F)F. The summed E-state index contributed by atoms with van der Waals surface area (Å²) in [5.74, 6) is 6.47. The van der Waals surface area contributed by atoms with Gasteiger partial charge in [-0.25, -0.2) is 0 Å². The van der Waals surface area contributed by atoms with E-state index >= 15 is 0 Å². The minimum absolute atomic E-state index is 0.0241. The van der Waals surface area contributed by atoms with Crippen molar-refractivity contribution >= 4 is 56.8 Å². The summed E-state index contributed by atoms with van der Waals surface area (Å²) < 4.78 is 59.3. The fraction of sp³-hybridized carbons (Fsp3) is 0.429. The first-order valence-corrected chi connectivity index (χ1v) is 16.4. The molecule has 1 aliphatic rings. The molecule has 2 atom stereocenters. The predicted molar refractivity (Wildman–Crippen MR) is 158 cm³/mol. The minimum Gasteiger partial charge on any atom is -0.495 e. The van der Waals surface area contributed by atoms with Crippen LogP contribution in [0.1, 0.15) is 16.9 Å². The maximum atomic E-state index is 13.6. The van der Waals surface area contributed by atoms with E-state index in [0.29, 0.717) is 27.0 Å². The van der Waals surface area contributed by atoms with Crippen LogP contribution in [0, 0.1) is 11.8 Å². The Morgan fingerprint density at radius 3 is 2.67 bits per heavy atom. The number of methoxy groups -OCH3 is 1. The molecular formula is C28H32ClF3N3O2PS. The largest absolute Gasteiger partial charge is 0.495 e. The molecule has 1 aromatic heterocycles. The molecule has 0 unspecified atom stereocenters. The van der Waals surface area contributed by atoms with Crippen LogP contribution in [0.2, 0.25) is 0 Å². The molecule has 2 aromatic carbocycles. The lowest BCUT2D eigenvalue weighted by Crippen LogP contribution is -2.45. The van der Waals surface area contributed by atoms with E-state index in [0.717, 1.165) is 29.9 Å². The number of rotatable bonds is 7. The van der Waals surface area contributed by atoms with Crippen molar-refractivity contribution in [3.63, 3.8) is 0 Å². The summed E-state index contributed by atoms with van der Waals surface area (Å²) >= 11 is 7.85. The second kappa shape index (κ2) is 12.0. The summed E-state index contributed by atoms with van der Waals surface area (Å²) in [5, 5.41) is 7.79. The molecule has 210 valence electrons. The van der Waals surface area contributed by atoms with Crippen LogP contribution in [0.4, 0.5) is 24.5 Å². The van der Waals surface area contributed by atoms with Crippen LogP contribution in [-0.4, -0.2) is 69.6 Å². The maximum Gasteiger partial charge on any atom is 0.393 e. The molecule has 11 heteroatoms. The van der Waals surface area contributed by atoms with Crippen LogP contribution in [0.15, 0.2) is 36.4 Å². The topological polar surface area (TPSA) is 53.6 Å². The van der Waals surface area contributed by atoms with Gasteiger partial charge in [-0.3, -0.25) is 0 Å². The summed E-state index contributed by atoms with van der Waals surface area (Å²) in [6.45, 7) is 5.21. The van der Waals surface area contributed by atoms with Crippen molar-refractivity contribution in [2.45, 2.75) is 30.4 Å². The van der Waals surface area contributed by atoms with Gasteiger partial charge in [0.2, 0.25) is 0 Å². The Hall–Kier alpha value is -2.37. The van der Waals surface area contributed by atoms with Gasteiger partial charge in [0.05, 0.1) is 46.4 Å². The molecule has 0 spiro atoms. The number of benzene rings is 2. The Bertz CT molecular complexity index is 1440. The number of hydrogen-bond acceptors (Lipinski definition) is 6. The number of thiophene rings is 1. The summed E-state index contributed by atoms with van der Waals surface area (Å²) in [5.41, 5.74) is 1.63. The van der Waals surface area contributed by atoms with Crippen LogP contribution in [0.25, 0.3) is 10.1 Å². The Labute approximate surface area is 236 Å². The second-order valence-corrected chi connectivity index (χ2v) is 14.9. The zero-order chi connectivity index (χ0) is 28.4. The zero-order valence-corrected chi connectivity index (χ0v) is 24.8. The summed E-state index contributed by atoms with van der Waals surface area (Å²) in [6, 6.07) is 10.7. The van der Waals surface area contributed by atoms with E-state index in [4.69, 9.17) is 16.3 Å². The summed E-state index contributed by atoms with van der Waals surface area (Å²) in [4.78, 5) is 2.56. The molecule has 1 fully saturated rings. The fourth-order valence-corrected chi connectivity index (χ4v) is 7.06. The number of fused-ring (bicyclic) bond motifs is 1. The lowest BCUT2D eigenvalue weighted by molar-refractivity contribution is -0.126. The van der Waals surface area contributed by atoms with Gasteiger partial charge in [0.15, 0.2) is 0 Å². The van der Waals surface area contributed by atoms with Crippen molar-refractivity contribution in [3.05, 3.63) is 46.8 Å². The van der Waals surface area contributed by atoms with Crippen molar-refractivity contribution in [2.75, 3.05) is 57.8 Å². The highest BCUT2D eigenvalue weighted by atomic mass is 35.5. The molecule has 5 nitrogen and oxygen atoms in total. The smallest absolute Gasteiger partial charge is 0.393 e. The number of hydrogen-bond donors (Lipinski definition) is 2. The number of likely N-dealkylation sites (tertiary alicyclic amines) is 1. The van der Waals surface area contributed by atoms with Gasteiger partial charge in [0, 0.05) is 17.9 Å². The Morgan fingerprint density at radius 2 is 2.00 bits per heavy atom. The normalized spacial score (nSPS) is 18.5. The first-order valence-electron chi connectivity index (χ1n) is 12.5. The highest BCUT2D eigenvalue weighted by molar-refractivity contribution is 7.70. The number of ether oxygens (including phenoxy) is 1. The molecule has 0 aliphatic carbocycles. The first kappa shape index (κ1) is 29.6. The second-order valence-electron chi connectivity index (χ2n) is 10.1. The third kappa shape index (κ3) is 7.43. The van der Waals surface area contributed by atoms with E-state index in [9.17, 15) is 17.7 Å². The lowest BCUT2D eigenvalue weighted by Gasteiger charge is -2.34. The molecule has 0 saturated carbocycles. The monoisotopic (exact) mass is 597 g/mol. The molecule has 0 amide bonds. The van der Waals surface area contributed by atoms with Crippen molar-refractivity contribution in [1.29, 1.82) is 0 Å². The van der Waals surface area contributed by atoms with Crippen LogP contribution >= 0.6 is 30.1 Å². The Morgan fingerprint density at radius 1 is 1.23 bits per heavy atom. The molecule has 0 radical (unpaired) electrons. The molecular weight excluding hydrogens is 566 g/mol. The van der Waals surface area contributed by atoms with Crippen LogP contribution in [-0.2, 0) is 11.0 Å². The van der Waals surface area contributed by atoms with E-state index < -0.39 is 19.7 Å². The first-order chi connectivity index (χ1) is 18.4. The lowest BCUT2D eigenvalue weighted by atomic mass is 10.0. The zero-order valence-electron chi connectivity index (χ0n) is 22.3. The Kier molecular flexibility index (Phi) is 9.12. The van der Waals surface area contributed by atoms with Gasteiger partial charge >= 0.3 is 6.18 Å². The predicted octanol–water partition coefficient (Wildman–Crippen LogP) is 6.45. The molecule has 1 aliphatic heterocycles.